The van der Waals surface area contributed by atoms with Crippen molar-refractivity contribution in [3.63, 3.8) is 0 Å². The van der Waals surface area contributed by atoms with E-state index in [0.717, 1.165) is 5.56 Å². The van der Waals surface area contributed by atoms with E-state index in [-0.39, 0.29) is 16.3 Å². The number of aliphatic imine (C=N–C) groups is 2. The highest BCUT2D eigenvalue weighted by Crippen LogP contribution is 2.31. The second-order valence-corrected chi connectivity index (χ2v) is 5.45. The predicted octanol–water partition coefficient (Wildman–Crippen LogP) is 4.89. The van der Waals surface area contributed by atoms with E-state index in [1.807, 2.05) is 18.2 Å². The van der Waals surface area contributed by atoms with Crippen molar-refractivity contribution >= 4 is 34.9 Å². The summed E-state index contributed by atoms with van der Waals surface area (Å²) < 4.78 is 10.4. The molecule has 0 aliphatic carbocycles. The fourth-order valence-corrected chi connectivity index (χ4v) is 2.49. The molecule has 2 aromatic carbocycles. The van der Waals surface area contributed by atoms with Gasteiger partial charge in [-0.3, -0.25) is 0 Å². The number of benzene rings is 2. The van der Waals surface area contributed by atoms with Gasteiger partial charge in [0.25, 0.3) is 0 Å². The maximum Gasteiger partial charge on any atom is 0.127 e. The molecule has 0 bridgehead atoms. The van der Waals surface area contributed by atoms with Gasteiger partial charge in [-0.05, 0) is 24.3 Å². The molecule has 0 saturated heterocycles. The van der Waals surface area contributed by atoms with Crippen LogP contribution in [0.25, 0.3) is 0 Å². The molecule has 0 spiro atoms. The number of nitrogens with zero attached hydrogens (tertiary/aromatic N) is 3. The maximum absolute atomic E-state index is 9.11. The standard InChI is InChI=1S/C17H13Cl2N3O2/c1-23-14-4-3-11(16(7-14)24-2)9-21-10-22-17-12(8-20)5-13(18)6-15(17)19/h3-7H,9H2,1-2H3. The van der Waals surface area contributed by atoms with E-state index >= 15 is 0 Å². The molecule has 0 fully saturated rings. The van der Waals surface area contributed by atoms with Gasteiger partial charge in [-0.25, -0.2) is 4.99 Å². The number of nitriles is 1. The van der Waals surface area contributed by atoms with Crippen LogP contribution in [-0.4, -0.2) is 20.2 Å². The number of hydrogen-bond donors (Lipinski definition) is 0. The minimum absolute atomic E-state index is 0.261. The molecule has 0 radical (unpaired) electrons. The average molecular weight is 362 g/mol. The van der Waals surface area contributed by atoms with Crippen LogP contribution in [0.1, 0.15) is 11.1 Å². The van der Waals surface area contributed by atoms with Crippen LogP contribution >= 0.6 is 23.2 Å². The quantitative estimate of drug-likeness (QED) is 0.712. The lowest BCUT2D eigenvalue weighted by Crippen LogP contribution is -1.92. The summed E-state index contributed by atoms with van der Waals surface area (Å²) in [7, 11) is 3.16. The average Bonchev–Trinajstić information content (AvgIpc) is 2.59. The van der Waals surface area contributed by atoms with E-state index in [1.54, 1.807) is 20.3 Å². The summed E-state index contributed by atoms with van der Waals surface area (Å²) in [6.07, 6.45) is 0. The number of ether oxygens (including phenoxy) is 2. The van der Waals surface area contributed by atoms with Gasteiger partial charge in [0.15, 0.2) is 0 Å². The zero-order chi connectivity index (χ0) is 17.5. The summed E-state index contributed by atoms with van der Waals surface area (Å²) in [5, 5.41) is 9.74. The Morgan fingerprint density at radius 3 is 2.58 bits per heavy atom. The molecule has 0 heterocycles. The molecule has 2 rings (SSSR count). The van der Waals surface area contributed by atoms with Crippen LogP contribution in [0.5, 0.6) is 11.5 Å². The van der Waals surface area contributed by atoms with Gasteiger partial charge in [-0.15, -0.1) is 0 Å². The highest BCUT2D eigenvalue weighted by molar-refractivity contribution is 6.36. The Kier molecular flexibility index (Phi) is 6.22. The van der Waals surface area contributed by atoms with E-state index in [4.69, 9.17) is 37.9 Å². The third-order valence-corrected chi connectivity index (χ3v) is 3.63. The van der Waals surface area contributed by atoms with Crippen LogP contribution in [0.3, 0.4) is 0 Å². The fraction of sp³-hybridized carbons (Fsp3) is 0.176. The van der Waals surface area contributed by atoms with Gasteiger partial charge in [0.05, 0.1) is 37.4 Å². The lowest BCUT2D eigenvalue weighted by molar-refractivity contribution is 0.391. The Balaban J connectivity index is 2.24. The van der Waals surface area contributed by atoms with Crippen LogP contribution in [0.4, 0.5) is 5.69 Å². The first kappa shape index (κ1) is 17.8. The smallest absolute Gasteiger partial charge is 0.127 e. The molecule has 0 N–H and O–H groups in total. The summed E-state index contributed by atoms with van der Waals surface area (Å²) in [6, 6.07) is 13.0. The summed E-state index contributed by atoms with van der Waals surface area (Å²) in [4.78, 5) is 8.13. The van der Waals surface area contributed by atoms with Crippen LogP contribution in [-0.2, 0) is 6.54 Å². The fourth-order valence-electron chi connectivity index (χ4n) is 1.95. The summed E-state index contributed by atoms with van der Waals surface area (Å²) in [5.41, 5.74) is 1.40. The maximum atomic E-state index is 9.11. The third-order valence-electron chi connectivity index (χ3n) is 3.12. The summed E-state index contributed by atoms with van der Waals surface area (Å²) in [6.45, 7) is 0.309. The second-order valence-electron chi connectivity index (χ2n) is 4.60. The summed E-state index contributed by atoms with van der Waals surface area (Å²) in [5.74, 6) is 1.35. The number of methoxy groups -OCH3 is 2. The van der Waals surface area contributed by atoms with Gasteiger partial charge in [0.1, 0.15) is 23.3 Å². The Labute approximate surface area is 149 Å². The van der Waals surface area contributed by atoms with Crippen LogP contribution < -0.4 is 9.47 Å². The van der Waals surface area contributed by atoms with Gasteiger partial charge in [0, 0.05) is 16.7 Å². The van der Waals surface area contributed by atoms with Crippen LogP contribution in [0.15, 0.2) is 40.3 Å². The molecule has 24 heavy (non-hydrogen) atoms. The molecule has 5 nitrogen and oxygen atoms in total. The largest absolute Gasteiger partial charge is 0.497 e. The van der Waals surface area contributed by atoms with Gasteiger partial charge >= 0.3 is 0 Å². The zero-order valence-electron chi connectivity index (χ0n) is 13.0. The third kappa shape index (κ3) is 4.27. The van der Waals surface area contributed by atoms with Gasteiger partial charge in [-0.1, -0.05) is 23.2 Å². The Morgan fingerprint density at radius 2 is 1.92 bits per heavy atom. The van der Waals surface area contributed by atoms with E-state index in [0.29, 0.717) is 23.1 Å². The number of hydrogen-bond acceptors (Lipinski definition) is 5. The molecule has 7 heteroatoms. The molecule has 0 atom stereocenters. The normalized spacial score (nSPS) is 9.62. The second kappa shape index (κ2) is 8.37. The monoisotopic (exact) mass is 361 g/mol. The minimum Gasteiger partial charge on any atom is -0.497 e. The van der Waals surface area contributed by atoms with E-state index in [2.05, 4.69) is 16.0 Å². The van der Waals surface area contributed by atoms with Crippen molar-refractivity contribution < 1.29 is 9.47 Å². The lowest BCUT2D eigenvalue weighted by Gasteiger charge is -2.07. The molecular weight excluding hydrogens is 349 g/mol. The molecule has 0 saturated carbocycles. The lowest BCUT2D eigenvalue weighted by atomic mass is 10.2. The Morgan fingerprint density at radius 1 is 1.12 bits per heavy atom. The molecule has 0 aliphatic heterocycles. The van der Waals surface area contributed by atoms with E-state index in [1.165, 1.54) is 12.1 Å². The molecule has 0 amide bonds. The molecular formula is C17H13Cl2N3O2. The zero-order valence-corrected chi connectivity index (χ0v) is 14.5. The topological polar surface area (TPSA) is 67.0 Å². The van der Waals surface area contributed by atoms with Crippen molar-refractivity contribution in [2.45, 2.75) is 6.54 Å². The molecule has 0 aromatic heterocycles. The van der Waals surface area contributed by atoms with Crippen molar-refractivity contribution in [3.05, 3.63) is 51.5 Å². The molecule has 0 unspecified atom stereocenters. The molecule has 0 aliphatic rings. The number of rotatable bonds is 5. The van der Waals surface area contributed by atoms with Crippen molar-refractivity contribution in [3.8, 4) is 17.6 Å². The predicted molar refractivity (Wildman–Crippen MR) is 94.0 cm³/mol. The van der Waals surface area contributed by atoms with Crippen LogP contribution in [0, 0.1) is 11.3 Å². The highest BCUT2D eigenvalue weighted by Gasteiger charge is 2.08. The number of halogens is 2. The first-order chi connectivity index (χ1) is 11.6. The van der Waals surface area contributed by atoms with Gasteiger partial charge < -0.3 is 9.47 Å². The highest BCUT2D eigenvalue weighted by atomic mass is 35.5. The van der Waals surface area contributed by atoms with E-state index < -0.39 is 0 Å². The summed E-state index contributed by atoms with van der Waals surface area (Å²) >= 11 is 11.9. The van der Waals surface area contributed by atoms with Crippen molar-refractivity contribution in [1.82, 2.24) is 0 Å². The van der Waals surface area contributed by atoms with Crippen molar-refractivity contribution in [2.75, 3.05) is 14.2 Å². The first-order valence-corrected chi connectivity index (χ1v) is 7.57. The van der Waals surface area contributed by atoms with Gasteiger partial charge in [-0.2, -0.15) is 10.3 Å². The molecule has 122 valence electrons. The van der Waals surface area contributed by atoms with Crippen molar-refractivity contribution in [2.24, 2.45) is 9.98 Å². The SMILES string of the molecule is COc1ccc(CN=C=Nc2c(Cl)cc(Cl)cc2C#N)c(OC)c1. The first-order valence-electron chi connectivity index (χ1n) is 6.81. The minimum atomic E-state index is 0.261. The van der Waals surface area contributed by atoms with Crippen LogP contribution in [0.2, 0.25) is 10.0 Å². The Bertz CT molecular complexity index is 854. The Hall–Kier alpha value is -2.51. The molecule has 2 aromatic rings. The van der Waals surface area contributed by atoms with Crippen molar-refractivity contribution in [1.29, 1.82) is 5.26 Å². The van der Waals surface area contributed by atoms with E-state index in [9.17, 15) is 0 Å². The van der Waals surface area contributed by atoms with Gasteiger partial charge in [0.2, 0.25) is 0 Å².